The molecular weight excluding hydrogens is 715 g/mol. The van der Waals surface area contributed by atoms with Gasteiger partial charge in [-0.3, -0.25) is 19.3 Å². The average Bonchev–Trinajstić information content (AvgIpc) is 3.03. The van der Waals surface area contributed by atoms with Crippen LogP contribution in [0.1, 0.15) is 71.1 Å². The van der Waals surface area contributed by atoms with Crippen LogP contribution in [0.3, 0.4) is 0 Å². The van der Waals surface area contributed by atoms with Gasteiger partial charge in [0.25, 0.3) is 0 Å². The van der Waals surface area contributed by atoms with Crippen molar-refractivity contribution in [1.82, 2.24) is 19.9 Å². The number of fused-ring (bicyclic) bond motifs is 1. The SMILES string of the molecule is CCOC(=O)CC(CNC(=O)CCCCc1ccc2c(n1)N(C(=O)OC(C)(C)C)CCC2)NC(=O)C1CN(S(=O)(=O)c2cccc(S(C)(=O)=O)c2)C1. The molecule has 0 spiro atoms. The van der Waals surface area contributed by atoms with Gasteiger partial charge >= 0.3 is 12.1 Å². The Morgan fingerprint density at radius 3 is 2.40 bits per heavy atom. The second-order valence-corrected chi connectivity index (χ2v) is 18.0. The van der Waals surface area contributed by atoms with E-state index in [9.17, 15) is 36.0 Å². The molecule has 1 aromatic carbocycles. The van der Waals surface area contributed by atoms with Crippen LogP contribution >= 0.6 is 0 Å². The lowest BCUT2D eigenvalue weighted by molar-refractivity contribution is -0.144. The van der Waals surface area contributed by atoms with E-state index in [1.165, 1.54) is 18.2 Å². The predicted molar refractivity (Wildman–Crippen MR) is 192 cm³/mol. The van der Waals surface area contributed by atoms with Gasteiger partial charge in [-0.05, 0) is 89.6 Å². The van der Waals surface area contributed by atoms with Crippen molar-refractivity contribution < 1.29 is 45.5 Å². The number of sulfonamides is 1. The van der Waals surface area contributed by atoms with Gasteiger partial charge < -0.3 is 20.1 Å². The van der Waals surface area contributed by atoms with E-state index in [2.05, 4.69) is 10.6 Å². The van der Waals surface area contributed by atoms with Gasteiger partial charge in [0.1, 0.15) is 11.4 Å². The summed E-state index contributed by atoms with van der Waals surface area (Å²) in [6.45, 7) is 7.48. The fourth-order valence-corrected chi connectivity index (χ4v) is 8.08. The lowest BCUT2D eigenvalue weighted by atomic mass is 10.0. The molecule has 1 fully saturated rings. The molecule has 2 aliphatic rings. The maximum atomic E-state index is 13.1. The molecule has 3 heterocycles. The van der Waals surface area contributed by atoms with Crippen LogP contribution in [0.5, 0.6) is 0 Å². The van der Waals surface area contributed by atoms with Crippen LogP contribution in [0.4, 0.5) is 10.6 Å². The molecule has 4 rings (SSSR count). The Morgan fingerprint density at radius 1 is 1.02 bits per heavy atom. The Hall–Kier alpha value is -4.09. The Balaban J connectivity index is 1.25. The minimum absolute atomic E-state index is 0.0384. The lowest BCUT2D eigenvalue weighted by Crippen LogP contribution is -2.57. The Kier molecular flexibility index (Phi) is 13.4. The number of ether oxygens (including phenoxy) is 2. The van der Waals surface area contributed by atoms with Gasteiger partial charge in [0.2, 0.25) is 21.8 Å². The van der Waals surface area contributed by atoms with Crippen molar-refractivity contribution >= 4 is 49.6 Å². The number of benzene rings is 1. The van der Waals surface area contributed by atoms with Crippen LogP contribution in [-0.2, 0) is 56.6 Å². The maximum absolute atomic E-state index is 13.1. The predicted octanol–water partition coefficient (Wildman–Crippen LogP) is 2.76. The number of hydrogen-bond donors (Lipinski definition) is 2. The van der Waals surface area contributed by atoms with Gasteiger partial charge in [-0.25, -0.2) is 26.6 Å². The topological polar surface area (TPSA) is 198 Å². The first-order chi connectivity index (χ1) is 24.4. The van der Waals surface area contributed by atoms with Gasteiger partial charge in [0.15, 0.2) is 9.84 Å². The molecule has 0 aliphatic carbocycles. The number of aromatic nitrogens is 1. The van der Waals surface area contributed by atoms with E-state index >= 15 is 0 Å². The second kappa shape index (κ2) is 17.2. The van der Waals surface area contributed by atoms with Crippen molar-refractivity contribution in [2.24, 2.45) is 5.92 Å². The van der Waals surface area contributed by atoms with E-state index in [-0.39, 0.29) is 54.8 Å². The normalized spacial score (nSPS) is 15.9. The molecule has 2 aliphatic heterocycles. The van der Waals surface area contributed by atoms with Crippen LogP contribution in [0, 0.1) is 5.92 Å². The number of aryl methyl sites for hydroxylation is 2. The molecule has 2 aromatic rings. The highest BCUT2D eigenvalue weighted by Gasteiger charge is 2.41. The molecular formula is C35H49N5O10S2. The van der Waals surface area contributed by atoms with Crippen LogP contribution in [0.25, 0.3) is 0 Å². The summed E-state index contributed by atoms with van der Waals surface area (Å²) >= 11 is 0. The number of nitrogens with zero attached hydrogens (tertiary/aromatic N) is 3. The van der Waals surface area contributed by atoms with Gasteiger partial charge in [-0.1, -0.05) is 12.1 Å². The summed E-state index contributed by atoms with van der Waals surface area (Å²) in [5.41, 5.74) is 1.17. The zero-order chi connectivity index (χ0) is 38.3. The van der Waals surface area contributed by atoms with Gasteiger partial charge in [-0.15, -0.1) is 0 Å². The summed E-state index contributed by atoms with van der Waals surface area (Å²) < 4.78 is 61.6. The number of rotatable bonds is 15. The minimum atomic E-state index is -4.04. The third-order valence-corrected chi connectivity index (χ3v) is 11.4. The number of esters is 1. The third kappa shape index (κ3) is 11.2. The number of nitrogens with one attached hydrogen (secondary N) is 2. The maximum Gasteiger partial charge on any atom is 0.416 e. The van der Waals surface area contributed by atoms with E-state index in [0.29, 0.717) is 31.6 Å². The molecule has 0 radical (unpaired) electrons. The number of unbranched alkanes of at least 4 members (excludes halogenated alkanes) is 1. The molecule has 15 nitrogen and oxygen atoms in total. The van der Waals surface area contributed by atoms with Crippen molar-refractivity contribution in [3.05, 3.63) is 47.7 Å². The van der Waals surface area contributed by atoms with E-state index in [4.69, 9.17) is 14.5 Å². The number of pyridine rings is 1. The quantitative estimate of drug-likeness (QED) is 0.200. The van der Waals surface area contributed by atoms with E-state index in [1.54, 1.807) is 11.8 Å². The van der Waals surface area contributed by atoms with Crippen LogP contribution < -0.4 is 15.5 Å². The molecule has 0 saturated carbocycles. The van der Waals surface area contributed by atoms with E-state index < -0.39 is 55.4 Å². The van der Waals surface area contributed by atoms with Gasteiger partial charge in [0.05, 0.1) is 34.8 Å². The van der Waals surface area contributed by atoms with Gasteiger partial charge in [0, 0.05) is 44.5 Å². The summed E-state index contributed by atoms with van der Waals surface area (Å²) in [5, 5.41) is 5.51. The standard InChI is InChI=1S/C35H49N5O10S2/c1-6-49-31(42)19-27(38-33(43)25-22-39(23-25)52(47,48)29-14-9-13-28(20-29)51(5,45)46)21-36-30(41)15-8-7-12-26-17-16-24-11-10-18-40(32(24)37-26)34(44)50-35(2,3)4/h9,13-14,16-17,20,25,27H,6-8,10-12,15,18-19,21-23H2,1-5H3,(H,36,41)(H,38,43). The van der Waals surface area contributed by atoms with Crippen molar-refractivity contribution in [3.8, 4) is 0 Å². The highest BCUT2D eigenvalue weighted by Crippen LogP contribution is 2.28. The lowest BCUT2D eigenvalue weighted by Gasteiger charge is -2.37. The van der Waals surface area contributed by atoms with Crippen LogP contribution in [0.2, 0.25) is 0 Å². The summed E-state index contributed by atoms with van der Waals surface area (Å²) in [6.07, 6.45) is 4.01. The number of amides is 3. The first-order valence-corrected chi connectivity index (χ1v) is 20.7. The first-order valence-electron chi connectivity index (χ1n) is 17.4. The van der Waals surface area contributed by atoms with Crippen molar-refractivity contribution in [1.29, 1.82) is 0 Å². The Morgan fingerprint density at radius 2 is 1.73 bits per heavy atom. The van der Waals surface area contributed by atoms with Crippen LogP contribution in [0.15, 0.2) is 46.2 Å². The highest BCUT2D eigenvalue weighted by atomic mass is 32.2. The minimum Gasteiger partial charge on any atom is -0.466 e. The molecule has 286 valence electrons. The molecule has 1 atom stereocenters. The monoisotopic (exact) mass is 763 g/mol. The molecule has 1 saturated heterocycles. The molecule has 1 aromatic heterocycles. The van der Waals surface area contributed by atoms with Crippen LogP contribution in [-0.4, -0.2) is 101 Å². The fraction of sp³-hybridized carbons (Fsp3) is 0.571. The van der Waals surface area contributed by atoms with Crippen molar-refractivity contribution in [3.63, 3.8) is 0 Å². The Bertz CT molecular complexity index is 1850. The summed E-state index contributed by atoms with van der Waals surface area (Å²) in [6, 6.07) is 8.16. The largest absolute Gasteiger partial charge is 0.466 e. The number of carbonyl (C=O) groups is 4. The summed E-state index contributed by atoms with van der Waals surface area (Å²) in [4.78, 5) is 56.9. The third-order valence-electron chi connectivity index (χ3n) is 8.50. The molecule has 1 unspecified atom stereocenters. The number of hydrogen-bond acceptors (Lipinski definition) is 11. The zero-order valence-electron chi connectivity index (χ0n) is 30.3. The fourth-order valence-electron chi connectivity index (χ4n) is 5.76. The highest BCUT2D eigenvalue weighted by molar-refractivity contribution is 7.91. The van der Waals surface area contributed by atoms with E-state index in [0.717, 1.165) is 40.7 Å². The number of sulfone groups is 1. The first kappa shape index (κ1) is 40.7. The smallest absolute Gasteiger partial charge is 0.416 e. The van der Waals surface area contributed by atoms with Crippen molar-refractivity contribution in [2.75, 3.05) is 43.9 Å². The Labute approximate surface area is 305 Å². The molecule has 2 N–H and O–H groups in total. The zero-order valence-corrected chi connectivity index (χ0v) is 32.0. The van der Waals surface area contributed by atoms with Crippen molar-refractivity contribution in [2.45, 2.75) is 94.1 Å². The van der Waals surface area contributed by atoms with Gasteiger partial charge in [-0.2, -0.15) is 4.31 Å². The summed E-state index contributed by atoms with van der Waals surface area (Å²) in [5.74, 6) is -1.41. The molecule has 3 amide bonds. The summed E-state index contributed by atoms with van der Waals surface area (Å²) in [7, 11) is -7.67. The van der Waals surface area contributed by atoms with E-state index in [1.807, 2.05) is 32.9 Å². The number of carbonyl (C=O) groups excluding carboxylic acids is 4. The molecule has 17 heteroatoms. The molecule has 52 heavy (non-hydrogen) atoms. The number of anilines is 1. The average molecular weight is 764 g/mol. The second-order valence-electron chi connectivity index (χ2n) is 14.0. The molecule has 0 bridgehead atoms.